The van der Waals surface area contributed by atoms with Crippen molar-refractivity contribution in [3.63, 3.8) is 0 Å². The number of hydrogen-bond donors (Lipinski definition) is 1. The van der Waals surface area contributed by atoms with Crippen LogP contribution in [0.5, 0.6) is 0 Å². The smallest absolute Gasteiger partial charge is 0.236 e. The fourth-order valence-corrected chi connectivity index (χ4v) is 1.95. The van der Waals surface area contributed by atoms with Gasteiger partial charge in [-0.05, 0) is 39.0 Å². The number of rotatable bonds is 9. The molecule has 1 rings (SSSR count). The van der Waals surface area contributed by atoms with Crippen LogP contribution in [0, 0.1) is 0 Å². The maximum Gasteiger partial charge on any atom is 0.236 e. The SMILES string of the molecule is CCN(C)C(=O)CNCCCN(C)Cc1ccccc1. The van der Waals surface area contributed by atoms with Gasteiger partial charge in [-0.1, -0.05) is 30.3 Å². The molecule has 4 nitrogen and oxygen atoms in total. The molecule has 0 saturated carbocycles. The fourth-order valence-electron chi connectivity index (χ4n) is 1.95. The Balaban J connectivity index is 2.08. The first-order chi connectivity index (χ1) is 9.63. The number of nitrogens with one attached hydrogen (secondary N) is 1. The van der Waals surface area contributed by atoms with Crippen molar-refractivity contribution in [2.75, 3.05) is 40.3 Å². The molecule has 0 aliphatic rings. The van der Waals surface area contributed by atoms with Gasteiger partial charge >= 0.3 is 0 Å². The lowest BCUT2D eigenvalue weighted by Crippen LogP contribution is -2.36. The lowest BCUT2D eigenvalue weighted by molar-refractivity contribution is -0.128. The Hall–Kier alpha value is -1.39. The molecule has 0 unspecified atom stereocenters. The van der Waals surface area contributed by atoms with Gasteiger partial charge in [-0.3, -0.25) is 4.79 Å². The Morgan fingerprint density at radius 3 is 2.55 bits per heavy atom. The summed E-state index contributed by atoms with van der Waals surface area (Å²) in [5.41, 5.74) is 1.34. The molecule has 1 N–H and O–H groups in total. The number of carbonyl (C=O) groups excluding carboxylic acids is 1. The third kappa shape index (κ3) is 6.68. The predicted molar refractivity (Wildman–Crippen MR) is 83.6 cm³/mol. The molecule has 0 heterocycles. The van der Waals surface area contributed by atoms with E-state index < -0.39 is 0 Å². The topological polar surface area (TPSA) is 35.6 Å². The summed E-state index contributed by atoms with van der Waals surface area (Å²) in [5.74, 6) is 0.158. The second-order valence-electron chi connectivity index (χ2n) is 5.16. The van der Waals surface area contributed by atoms with E-state index >= 15 is 0 Å². The molecule has 112 valence electrons. The first-order valence-corrected chi connectivity index (χ1v) is 7.30. The van der Waals surface area contributed by atoms with Crippen LogP contribution in [-0.4, -0.2) is 56.0 Å². The summed E-state index contributed by atoms with van der Waals surface area (Å²) in [7, 11) is 3.96. The first-order valence-electron chi connectivity index (χ1n) is 7.30. The quantitative estimate of drug-likeness (QED) is 0.696. The van der Waals surface area contributed by atoms with E-state index in [9.17, 15) is 4.79 Å². The normalized spacial score (nSPS) is 10.8. The summed E-state index contributed by atoms with van der Waals surface area (Å²) in [6.45, 7) is 6.06. The molecule has 0 fully saturated rings. The van der Waals surface area contributed by atoms with Gasteiger partial charge < -0.3 is 15.1 Å². The number of hydrogen-bond acceptors (Lipinski definition) is 3. The van der Waals surface area contributed by atoms with E-state index in [0.29, 0.717) is 6.54 Å². The summed E-state index contributed by atoms with van der Waals surface area (Å²) in [4.78, 5) is 15.6. The van der Waals surface area contributed by atoms with Crippen molar-refractivity contribution in [1.29, 1.82) is 0 Å². The van der Waals surface area contributed by atoms with Crippen molar-refractivity contribution in [2.24, 2.45) is 0 Å². The number of carbonyl (C=O) groups is 1. The van der Waals surface area contributed by atoms with Gasteiger partial charge in [-0.15, -0.1) is 0 Å². The van der Waals surface area contributed by atoms with Crippen molar-refractivity contribution in [3.05, 3.63) is 35.9 Å². The zero-order valence-electron chi connectivity index (χ0n) is 12.9. The molecule has 0 radical (unpaired) electrons. The molecule has 0 spiro atoms. The van der Waals surface area contributed by atoms with Gasteiger partial charge in [0.05, 0.1) is 6.54 Å². The van der Waals surface area contributed by atoms with Crippen molar-refractivity contribution in [3.8, 4) is 0 Å². The minimum atomic E-state index is 0.158. The Labute approximate surface area is 122 Å². The molecule has 0 aliphatic heterocycles. The Kier molecular flexibility index (Phi) is 7.92. The highest BCUT2D eigenvalue weighted by Crippen LogP contribution is 2.02. The minimum Gasteiger partial charge on any atom is -0.345 e. The summed E-state index contributed by atoms with van der Waals surface area (Å²) < 4.78 is 0. The maximum absolute atomic E-state index is 11.6. The summed E-state index contributed by atoms with van der Waals surface area (Å²) in [5, 5.41) is 3.20. The van der Waals surface area contributed by atoms with E-state index in [1.165, 1.54) is 5.56 Å². The van der Waals surface area contributed by atoms with Crippen molar-refractivity contribution in [1.82, 2.24) is 15.1 Å². The van der Waals surface area contributed by atoms with Crippen LogP contribution in [0.1, 0.15) is 18.9 Å². The van der Waals surface area contributed by atoms with Crippen LogP contribution < -0.4 is 5.32 Å². The van der Waals surface area contributed by atoms with Crippen molar-refractivity contribution in [2.45, 2.75) is 19.9 Å². The van der Waals surface area contributed by atoms with Crippen LogP contribution >= 0.6 is 0 Å². The number of benzene rings is 1. The Morgan fingerprint density at radius 2 is 1.90 bits per heavy atom. The molecule has 0 bridgehead atoms. The van der Waals surface area contributed by atoms with Crippen LogP contribution in [0.25, 0.3) is 0 Å². The monoisotopic (exact) mass is 277 g/mol. The molecular formula is C16H27N3O. The van der Waals surface area contributed by atoms with Gasteiger partial charge in [-0.25, -0.2) is 0 Å². The lowest BCUT2D eigenvalue weighted by atomic mass is 10.2. The summed E-state index contributed by atoms with van der Waals surface area (Å²) in [6.07, 6.45) is 1.05. The molecule has 4 heteroatoms. The third-order valence-corrected chi connectivity index (χ3v) is 3.37. The predicted octanol–water partition coefficient (Wildman–Crippen LogP) is 1.58. The molecule has 1 aromatic carbocycles. The summed E-state index contributed by atoms with van der Waals surface area (Å²) >= 11 is 0. The average molecular weight is 277 g/mol. The molecule has 0 saturated heterocycles. The van der Waals surface area contributed by atoms with E-state index in [2.05, 4.69) is 41.5 Å². The van der Waals surface area contributed by atoms with Crippen LogP contribution in [-0.2, 0) is 11.3 Å². The average Bonchev–Trinajstić information content (AvgIpc) is 2.46. The van der Waals surface area contributed by atoms with E-state index in [4.69, 9.17) is 0 Å². The van der Waals surface area contributed by atoms with Crippen LogP contribution in [0.4, 0.5) is 0 Å². The zero-order chi connectivity index (χ0) is 14.8. The highest BCUT2D eigenvalue weighted by Gasteiger charge is 2.05. The molecule has 1 aromatic rings. The van der Waals surface area contributed by atoms with Gasteiger partial charge in [0.2, 0.25) is 5.91 Å². The number of likely N-dealkylation sites (N-methyl/N-ethyl adjacent to an activating group) is 1. The number of nitrogens with zero attached hydrogens (tertiary/aromatic N) is 2. The Bertz CT molecular complexity index is 381. The van der Waals surface area contributed by atoms with Crippen molar-refractivity contribution >= 4 is 5.91 Å². The molecule has 20 heavy (non-hydrogen) atoms. The Morgan fingerprint density at radius 1 is 1.20 bits per heavy atom. The largest absolute Gasteiger partial charge is 0.345 e. The molecular weight excluding hydrogens is 250 g/mol. The fraction of sp³-hybridized carbons (Fsp3) is 0.562. The first kappa shape index (κ1) is 16.7. The highest BCUT2D eigenvalue weighted by atomic mass is 16.2. The highest BCUT2D eigenvalue weighted by molar-refractivity contribution is 5.77. The van der Waals surface area contributed by atoms with Gasteiger partial charge in [0, 0.05) is 20.1 Å². The van der Waals surface area contributed by atoms with Crippen molar-refractivity contribution < 1.29 is 4.79 Å². The molecule has 0 aliphatic carbocycles. The standard InChI is InChI=1S/C16H27N3O/c1-4-19(3)16(20)13-17-11-8-12-18(2)14-15-9-6-5-7-10-15/h5-7,9-10,17H,4,8,11-14H2,1-3H3. The van der Waals surface area contributed by atoms with Gasteiger partial charge in [0.15, 0.2) is 0 Å². The molecule has 0 atom stereocenters. The van der Waals surface area contributed by atoms with E-state index in [1.807, 2.05) is 20.0 Å². The maximum atomic E-state index is 11.6. The zero-order valence-corrected chi connectivity index (χ0v) is 12.9. The second kappa shape index (κ2) is 9.50. The van der Waals surface area contributed by atoms with Crippen LogP contribution in [0.15, 0.2) is 30.3 Å². The lowest BCUT2D eigenvalue weighted by Gasteiger charge is -2.17. The van der Waals surface area contributed by atoms with Gasteiger partial charge in [-0.2, -0.15) is 0 Å². The summed E-state index contributed by atoms with van der Waals surface area (Å²) in [6, 6.07) is 10.5. The van der Waals surface area contributed by atoms with E-state index in [-0.39, 0.29) is 5.91 Å². The van der Waals surface area contributed by atoms with Gasteiger partial charge in [0.1, 0.15) is 0 Å². The minimum absolute atomic E-state index is 0.158. The van der Waals surface area contributed by atoms with Crippen LogP contribution in [0.3, 0.4) is 0 Å². The van der Waals surface area contributed by atoms with E-state index in [0.717, 1.165) is 32.6 Å². The third-order valence-electron chi connectivity index (χ3n) is 3.37. The second-order valence-corrected chi connectivity index (χ2v) is 5.16. The van der Waals surface area contributed by atoms with Crippen LogP contribution in [0.2, 0.25) is 0 Å². The molecule has 0 aromatic heterocycles. The molecule has 1 amide bonds. The van der Waals surface area contributed by atoms with Gasteiger partial charge in [0.25, 0.3) is 0 Å². The number of amides is 1. The van der Waals surface area contributed by atoms with E-state index in [1.54, 1.807) is 4.90 Å².